The van der Waals surface area contributed by atoms with Gasteiger partial charge in [0.05, 0.1) is 0 Å². The molecule has 0 radical (unpaired) electrons. The van der Waals surface area contributed by atoms with Crippen molar-refractivity contribution in [2.24, 2.45) is 0 Å². The maximum absolute atomic E-state index is 8.71. The van der Waals surface area contributed by atoms with Gasteiger partial charge in [-0.25, -0.2) is 0 Å². The quantitative estimate of drug-likeness (QED) is 0.920. The smallest absolute Gasteiger partial charge is 0.226 e. The molecule has 17 heavy (non-hydrogen) atoms. The minimum atomic E-state index is 0.141. The number of halogens is 1. The van der Waals surface area contributed by atoms with Gasteiger partial charge in [0.15, 0.2) is 5.82 Å². The molecular weight excluding hydrogens is 284 g/mol. The minimum Gasteiger partial charge on any atom is -0.396 e. The van der Waals surface area contributed by atoms with E-state index in [-0.39, 0.29) is 6.61 Å². The Labute approximate surface area is 108 Å². The number of rotatable bonds is 5. The van der Waals surface area contributed by atoms with Crippen LogP contribution in [0, 0.1) is 0 Å². The molecule has 90 valence electrons. The third kappa shape index (κ3) is 3.38. The Morgan fingerprint density at radius 2 is 2.12 bits per heavy atom. The highest BCUT2D eigenvalue weighted by atomic mass is 79.9. The molecule has 0 aliphatic rings. The number of aryl methyl sites for hydroxylation is 1. The van der Waals surface area contributed by atoms with Crippen LogP contribution in [-0.4, -0.2) is 21.9 Å². The molecule has 1 aromatic carbocycles. The summed E-state index contributed by atoms with van der Waals surface area (Å²) in [6, 6.07) is 7.96. The molecule has 1 N–H and O–H groups in total. The third-order valence-electron chi connectivity index (χ3n) is 2.37. The van der Waals surface area contributed by atoms with Crippen LogP contribution in [0.5, 0.6) is 0 Å². The molecule has 5 heteroatoms. The molecule has 1 aromatic heterocycles. The summed E-state index contributed by atoms with van der Waals surface area (Å²) in [6.45, 7) is 0.141. The molecule has 2 rings (SSSR count). The zero-order chi connectivity index (χ0) is 12.1. The molecule has 0 aliphatic carbocycles. The van der Waals surface area contributed by atoms with Crippen LogP contribution in [0.25, 0.3) is 0 Å². The van der Waals surface area contributed by atoms with E-state index in [1.165, 1.54) is 0 Å². The topological polar surface area (TPSA) is 59.2 Å². The average Bonchev–Trinajstić information content (AvgIpc) is 2.77. The molecule has 2 aromatic rings. The van der Waals surface area contributed by atoms with Crippen molar-refractivity contribution in [1.82, 2.24) is 10.1 Å². The van der Waals surface area contributed by atoms with Gasteiger partial charge in [-0.3, -0.25) is 0 Å². The summed E-state index contributed by atoms with van der Waals surface area (Å²) in [5, 5.41) is 12.6. The second-order valence-electron chi connectivity index (χ2n) is 3.70. The van der Waals surface area contributed by atoms with Crippen molar-refractivity contribution in [2.45, 2.75) is 19.3 Å². The van der Waals surface area contributed by atoms with Crippen LogP contribution >= 0.6 is 15.9 Å². The van der Waals surface area contributed by atoms with E-state index in [0.717, 1.165) is 10.0 Å². The van der Waals surface area contributed by atoms with Gasteiger partial charge in [-0.1, -0.05) is 39.3 Å². The molecule has 0 saturated carbocycles. The molecule has 4 nitrogen and oxygen atoms in total. The molecule has 0 saturated heterocycles. The van der Waals surface area contributed by atoms with E-state index < -0.39 is 0 Å². The van der Waals surface area contributed by atoms with Crippen LogP contribution in [0.4, 0.5) is 0 Å². The van der Waals surface area contributed by atoms with E-state index in [1.54, 1.807) is 0 Å². The standard InChI is InChI=1S/C12H13BrN2O2/c13-10-5-2-1-4-9(10)8-11-14-12(17-15-11)6-3-7-16/h1-2,4-5,16H,3,6-8H2. The fourth-order valence-electron chi connectivity index (χ4n) is 1.51. The summed E-state index contributed by atoms with van der Waals surface area (Å²) in [6.07, 6.45) is 1.92. The monoisotopic (exact) mass is 296 g/mol. The Morgan fingerprint density at radius 1 is 1.29 bits per heavy atom. The molecule has 0 fully saturated rings. The van der Waals surface area contributed by atoms with Crippen molar-refractivity contribution < 1.29 is 9.63 Å². The van der Waals surface area contributed by atoms with E-state index in [0.29, 0.717) is 31.0 Å². The van der Waals surface area contributed by atoms with Crippen LogP contribution < -0.4 is 0 Å². The van der Waals surface area contributed by atoms with Crippen LogP contribution in [0.1, 0.15) is 23.7 Å². The van der Waals surface area contributed by atoms with Crippen molar-refractivity contribution in [1.29, 1.82) is 0 Å². The Morgan fingerprint density at radius 3 is 2.88 bits per heavy atom. The lowest BCUT2D eigenvalue weighted by atomic mass is 10.1. The first-order valence-electron chi connectivity index (χ1n) is 5.45. The zero-order valence-electron chi connectivity index (χ0n) is 9.27. The summed E-state index contributed by atoms with van der Waals surface area (Å²) >= 11 is 3.48. The predicted molar refractivity (Wildman–Crippen MR) is 66.7 cm³/mol. The average molecular weight is 297 g/mol. The van der Waals surface area contributed by atoms with Gasteiger partial charge in [0, 0.05) is 23.9 Å². The Kier molecular flexibility index (Phi) is 4.28. The zero-order valence-corrected chi connectivity index (χ0v) is 10.9. The lowest BCUT2D eigenvalue weighted by molar-refractivity contribution is 0.278. The van der Waals surface area contributed by atoms with Gasteiger partial charge in [-0.15, -0.1) is 0 Å². The second-order valence-corrected chi connectivity index (χ2v) is 4.55. The van der Waals surface area contributed by atoms with Gasteiger partial charge in [-0.2, -0.15) is 4.98 Å². The SMILES string of the molecule is OCCCc1nc(Cc2ccccc2Br)no1. The number of hydrogen-bond acceptors (Lipinski definition) is 4. The number of benzene rings is 1. The normalized spacial score (nSPS) is 10.7. The van der Waals surface area contributed by atoms with Gasteiger partial charge >= 0.3 is 0 Å². The molecule has 0 aliphatic heterocycles. The van der Waals surface area contributed by atoms with E-state index >= 15 is 0 Å². The maximum Gasteiger partial charge on any atom is 0.226 e. The fraction of sp³-hybridized carbons (Fsp3) is 0.333. The van der Waals surface area contributed by atoms with Crippen LogP contribution in [-0.2, 0) is 12.8 Å². The number of aromatic nitrogens is 2. The summed E-state index contributed by atoms with van der Waals surface area (Å²) in [4.78, 5) is 4.27. The molecule has 0 bridgehead atoms. The molecule has 1 heterocycles. The maximum atomic E-state index is 8.71. The summed E-state index contributed by atoms with van der Waals surface area (Å²) in [7, 11) is 0. The summed E-state index contributed by atoms with van der Waals surface area (Å²) in [5.41, 5.74) is 1.13. The van der Waals surface area contributed by atoms with Gasteiger partial charge in [0.2, 0.25) is 5.89 Å². The van der Waals surface area contributed by atoms with Gasteiger partial charge in [-0.05, 0) is 18.1 Å². The van der Waals surface area contributed by atoms with Crippen LogP contribution in [0.15, 0.2) is 33.3 Å². The fourth-order valence-corrected chi connectivity index (χ4v) is 1.93. The Hall–Kier alpha value is -1.20. The van der Waals surface area contributed by atoms with Crippen molar-refractivity contribution in [3.05, 3.63) is 46.0 Å². The molecule has 0 amide bonds. The highest BCUT2D eigenvalue weighted by Crippen LogP contribution is 2.18. The first-order chi connectivity index (χ1) is 8.29. The highest BCUT2D eigenvalue weighted by molar-refractivity contribution is 9.10. The van der Waals surface area contributed by atoms with E-state index in [9.17, 15) is 0 Å². The lowest BCUT2D eigenvalue weighted by Crippen LogP contribution is -1.93. The third-order valence-corrected chi connectivity index (χ3v) is 3.14. The number of aliphatic hydroxyl groups is 1. The van der Waals surface area contributed by atoms with Crippen molar-refractivity contribution >= 4 is 15.9 Å². The van der Waals surface area contributed by atoms with Gasteiger partial charge in [0.25, 0.3) is 0 Å². The van der Waals surface area contributed by atoms with E-state index in [2.05, 4.69) is 26.1 Å². The predicted octanol–water partition coefficient (Wildman–Crippen LogP) is 2.35. The van der Waals surface area contributed by atoms with Gasteiger partial charge in [0.1, 0.15) is 0 Å². The van der Waals surface area contributed by atoms with E-state index in [1.807, 2.05) is 24.3 Å². The number of nitrogens with zero attached hydrogens (tertiary/aromatic N) is 2. The first kappa shape index (κ1) is 12.3. The summed E-state index contributed by atoms with van der Waals surface area (Å²) in [5.74, 6) is 1.26. The molecular formula is C12H13BrN2O2. The number of hydrogen-bond donors (Lipinski definition) is 1. The summed E-state index contributed by atoms with van der Waals surface area (Å²) < 4.78 is 6.13. The van der Waals surface area contributed by atoms with Crippen molar-refractivity contribution in [3.8, 4) is 0 Å². The lowest BCUT2D eigenvalue weighted by Gasteiger charge is -1.99. The van der Waals surface area contributed by atoms with E-state index in [4.69, 9.17) is 9.63 Å². The highest BCUT2D eigenvalue weighted by Gasteiger charge is 2.08. The minimum absolute atomic E-state index is 0.141. The molecule has 0 spiro atoms. The molecule has 0 atom stereocenters. The Bertz CT molecular complexity index is 485. The Balaban J connectivity index is 2.04. The van der Waals surface area contributed by atoms with Crippen LogP contribution in [0.2, 0.25) is 0 Å². The second kappa shape index (κ2) is 5.93. The van der Waals surface area contributed by atoms with Crippen LogP contribution in [0.3, 0.4) is 0 Å². The largest absolute Gasteiger partial charge is 0.396 e. The van der Waals surface area contributed by atoms with Gasteiger partial charge < -0.3 is 9.63 Å². The molecule has 0 unspecified atom stereocenters. The number of aliphatic hydroxyl groups excluding tert-OH is 1. The van der Waals surface area contributed by atoms with Crippen molar-refractivity contribution in [3.63, 3.8) is 0 Å². The van der Waals surface area contributed by atoms with Crippen molar-refractivity contribution in [2.75, 3.05) is 6.61 Å². The first-order valence-corrected chi connectivity index (χ1v) is 6.24.